The van der Waals surface area contributed by atoms with E-state index in [1.165, 1.54) is 5.56 Å². The standard InChI is InChI=1S/C22H23N3O4/c1-16-6-8-17(9-7-16)24-12-14-25(15-13-24)22(29)18-4-2-3-5-19(18)23-20(26)10-11-21(27)28/h2-11H,12-15H2,1H3,(H,23,26)(H,27,28)/b11-10+. The molecule has 0 bridgehead atoms. The van der Waals surface area contributed by atoms with Gasteiger partial charge in [-0.1, -0.05) is 29.8 Å². The first-order valence-corrected chi connectivity index (χ1v) is 9.36. The Labute approximate surface area is 169 Å². The van der Waals surface area contributed by atoms with Crippen LogP contribution in [0.4, 0.5) is 11.4 Å². The first kappa shape index (κ1) is 20.1. The highest BCUT2D eigenvalue weighted by Gasteiger charge is 2.24. The van der Waals surface area contributed by atoms with Gasteiger partial charge in [-0.15, -0.1) is 0 Å². The number of aryl methyl sites for hydroxylation is 1. The second-order valence-corrected chi connectivity index (χ2v) is 6.82. The molecular formula is C22H23N3O4. The minimum Gasteiger partial charge on any atom is -0.478 e. The van der Waals surface area contributed by atoms with Crippen LogP contribution >= 0.6 is 0 Å². The van der Waals surface area contributed by atoms with Gasteiger partial charge in [0.15, 0.2) is 0 Å². The van der Waals surface area contributed by atoms with Gasteiger partial charge < -0.3 is 20.2 Å². The largest absolute Gasteiger partial charge is 0.478 e. The van der Waals surface area contributed by atoms with Gasteiger partial charge in [-0.3, -0.25) is 9.59 Å². The average Bonchev–Trinajstić information content (AvgIpc) is 2.73. The van der Waals surface area contributed by atoms with Crippen molar-refractivity contribution in [2.75, 3.05) is 36.4 Å². The Kier molecular flexibility index (Phi) is 6.29. The predicted molar refractivity (Wildman–Crippen MR) is 111 cm³/mol. The van der Waals surface area contributed by atoms with Gasteiger partial charge in [0.1, 0.15) is 0 Å². The van der Waals surface area contributed by atoms with E-state index in [4.69, 9.17) is 5.11 Å². The van der Waals surface area contributed by atoms with E-state index in [1.807, 2.05) is 6.92 Å². The molecule has 1 saturated heterocycles. The Bertz CT molecular complexity index is 929. The zero-order valence-electron chi connectivity index (χ0n) is 16.2. The summed E-state index contributed by atoms with van der Waals surface area (Å²) in [6.45, 7) is 4.66. The summed E-state index contributed by atoms with van der Waals surface area (Å²) in [4.78, 5) is 39.5. The van der Waals surface area contributed by atoms with Crippen LogP contribution in [0.2, 0.25) is 0 Å². The summed E-state index contributed by atoms with van der Waals surface area (Å²) >= 11 is 0. The summed E-state index contributed by atoms with van der Waals surface area (Å²) < 4.78 is 0. The van der Waals surface area contributed by atoms with Crippen molar-refractivity contribution in [1.82, 2.24) is 4.90 Å². The lowest BCUT2D eigenvalue weighted by molar-refractivity contribution is -0.131. The Balaban J connectivity index is 1.66. The van der Waals surface area contributed by atoms with Crippen LogP contribution in [0.1, 0.15) is 15.9 Å². The summed E-state index contributed by atoms with van der Waals surface area (Å²) in [5.74, 6) is -1.97. The Morgan fingerprint density at radius 2 is 1.59 bits per heavy atom. The van der Waals surface area contributed by atoms with Crippen molar-refractivity contribution in [2.45, 2.75) is 6.92 Å². The lowest BCUT2D eigenvalue weighted by Crippen LogP contribution is -2.48. The molecule has 1 heterocycles. The van der Waals surface area contributed by atoms with Crippen molar-refractivity contribution in [3.8, 4) is 0 Å². The zero-order valence-corrected chi connectivity index (χ0v) is 16.2. The van der Waals surface area contributed by atoms with Gasteiger partial charge in [-0.2, -0.15) is 0 Å². The number of aliphatic carboxylic acids is 1. The fraction of sp³-hybridized carbons (Fsp3) is 0.227. The molecule has 2 aromatic carbocycles. The van der Waals surface area contributed by atoms with E-state index in [2.05, 4.69) is 34.5 Å². The third-order valence-electron chi connectivity index (χ3n) is 4.76. The van der Waals surface area contributed by atoms with Crippen molar-refractivity contribution in [2.24, 2.45) is 0 Å². The number of piperazine rings is 1. The van der Waals surface area contributed by atoms with Gasteiger partial charge >= 0.3 is 5.97 Å². The van der Waals surface area contributed by atoms with Gasteiger partial charge in [0.05, 0.1) is 11.3 Å². The lowest BCUT2D eigenvalue weighted by atomic mass is 10.1. The summed E-state index contributed by atoms with van der Waals surface area (Å²) in [6.07, 6.45) is 1.67. The topological polar surface area (TPSA) is 90.0 Å². The minimum atomic E-state index is -1.21. The van der Waals surface area contributed by atoms with Gasteiger partial charge in [-0.25, -0.2) is 4.79 Å². The Morgan fingerprint density at radius 1 is 0.931 bits per heavy atom. The van der Waals surface area contributed by atoms with Crippen molar-refractivity contribution < 1.29 is 19.5 Å². The molecule has 0 aliphatic carbocycles. The number of nitrogens with one attached hydrogen (secondary N) is 1. The molecule has 0 spiro atoms. The van der Waals surface area contributed by atoms with Crippen molar-refractivity contribution in [3.05, 3.63) is 71.8 Å². The number of hydrogen-bond donors (Lipinski definition) is 2. The molecule has 2 N–H and O–H groups in total. The van der Waals surface area contributed by atoms with E-state index in [1.54, 1.807) is 29.2 Å². The number of carbonyl (C=O) groups excluding carboxylic acids is 2. The number of carbonyl (C=O) groups is 3. The number of rotatable bonds is 5. The van der Waals surface area contributed by atoms with Crippen LogP contribution in [0.15, 0.2) is 60.7 Å². The van der Waals surface area contributed by atoms with Crippen LogP contribution in [0.3, 0.4) is 0 Å². The number of carboxylic acids is 1. The third kappa shape index (κ3) is 5.22. The number of hydrogen-bond acceptors (Lipinski definition) is 4. The highest BCUT2D eigenvalue weighted by atomic mass is 16.4. The van der Waals surface area contributed by atoms with E-state index in [-0.39, 0.29) is 5.91 Å². The minimum absolute atomic E-state index is 0.160. The highest BCUT2D eigenvalue weighted by molar-refractivity contribution is 6.07. The van der Waals surface area contributed by atoms with Crippen molar-refractivity contribution in [3.63, 3.8) is 0 Å². The van der Waals surface area contributed by atoms with E-state index in [0.717, 1.165) is 30.9 Å². The van der Waals surface area contributed by atoms with Crippen LogP contribution in [0.5, 0.6) is 0 Å². The number of amides is 2. The number of para-hydroxylation sites is 1. The molecule has 1 aliphatic heterocycles. The monoisotopic (exact) mass is 393 g/mol. The molecule has 1 fully saturated rings. The van der Waals surface area contributed by atoms with Crippen LogP contribution in [-0.2, 0) is 9.59 Å². The quantitative estimate of drug-likeness (QED) is 0.762. The van der Waals surface area contributed by atoms with E-state index in [0.29, 0.717) is 24.3 Å². The molecule has 7 nitrogen and oxygen atoms in total. The highest BCUT2D eigenvalue weighted by Crippen LogP contribution is 2.21. The molecule has 0 saturated carbocycles. The smallest absolute Gasteiger partial charge is 0.328 e. The van der Waals surface area contributed by atoms with E-state index >= 15 is 0 Å². The molecule has 7 heteroatoms. The first-order chi connectivity index (χ1) is 13.9. The average molecular weight is 393 g/mol. The van der Waals surface area contributed by atoms with E-state index in [9.17, 15) is 14.4 Å². The van der Waals surface area contributed by atoms with Gasteiger partial charge in [0, 0.05) is 44.0 Å². The molecule has 1 aliphatic rings. The lowest BCUT2D eigenvalue weighted by Gasteiger charge is -2.36. The van der Waals surface area contributed by atoms with Gasteiger partial charge in [0.25, 0.3) is 5.91 Å². The molecule has 2 aromatic rings. The molecule has 0 atom stereocenters. The SMILES string of the molecule is Cc1ccc(N2CCN(C(=O)c3ccccc3NC(=O)/C=C/C(=O)O)CC2)cc1. The number of nitrogens with zero attached hydrogens (tertiary/aromatic N) is 2. The van der Waals surface area contributed by atoms with Crippen molar-refractivity contribution >= 4 is 29.2 Å². The maximum absolute atomic E-state index is 13.0. The molecule has 29 heavy (non-hydrogen) atoms. The predicted octanol–water partition coefficient (Wildman–Crippen LogP) is 2.54. The van der Waals surface area contributed by atoms with E-state index < -0.39 is 11.9 Å². The summed E-state index contributed by atoms with van der Waals surface area (Å²) in [5, 5.41) is 11.2. The van der Waals surface area contributed by atoms with Crippen molar-refractivity contribution in [1.29, 1.82) is 0 Å². The Hall–Kier alpha value is -3.61. The molecular weight excluding hydrogens is 370 g/mol. The molecule has 2 amide bonds. The van der Waals surface area contributed by atoms with Gasteiger partial charge in [-0.05, 0) is 31.2 Å². The molecule has 0 unspecified atom stereocenters. The second kappa shape index (κ2) is 9.05. The molecule has 3 rings (SSSR count). The summed E-state index contributed by atoms with van der Waals surface area (Å²) in [7, 11) is 0. The van der Waals surface area contributed by atoms with Gasteiger partial charge in [0.2, 0.25) is 5.91 Å². The normalized spacial score (nSPS) is 14.1. The number of benzene rings is 2. The summed E-state index contributed by atoms with van der Waals surface area (Å²) in [6, 6.07) is 15.1. The fourth-order valence-corrected chi connectivity index (χ4v) is 3.19. The number of carboxylic acid groups (broad SMARTS) is 1. The maximum atomic E-state index is 13.0. The maximum Gasteiger partial charge on any atom is 0.328 e. The molecule has 0 aromatic heterocycles. The van der Waals surface area contributed by atoms with Crippen LogP contribution in [0.25, 0.3) is 0 Å². The van der Waals surface area contributed by atoms with Crippen LogP contribution < -0.4 is 10.2 Å². The Morgan fingerprint density at radius 3 is 2.24 bits per heavy atom. The van der Waals surface area contributed by atoms with Crippen LogP contribution in [-0.4, -0.2) is 54.0 Å². The first-order valence-electron chi connectivity index (χ1n) is 9.36. The third-order valence-corrected chi connectivity index (χ3v) is 4.76. The second-order valence-electron chi connectivity index (χ2n) is 6.82. The molecule has 0 radical (unpaired) electrons. The summed E-state index contributed by atoms with van der Waals surface area (Å²) in [5.41, 5.74) is 3.09. The fourth-order valence-electron chi connectivity index (χ4n) is 3.19. The zero-order chi connectivity index (χ0) is 20.8. The number of anilines is 2. The van der Waals surface area contributed by atoms with Crippen LogP contribution in [0, 0.1) is 6.92 Å². The molecule has 150 valence electrons.